The van der Waals surface area contributed by atoms with E-state index in [0.29, 0.717) is 25.0 Å². The van der Waals surface area contributed by atoms with Crippen LogP contribution in [0.2, 0.25) is 0 Å². The minimum Gasteiger partial charge on any atom is -0.360 e. The summed E-state index contributed by atoms with van der Waals surface area (Å²) in [6.45, 7) is 5.84. The lowest BCUT2D eigenvalue weighted by Gasteiger charge is -2.29. The van der Waals surface area contributed by atoms with Gasteiger partial charge < -0.3 is 14.7 Å². The van der Waals surface area contributed by atoms with E-state index in [2.05, 4.69) is 27.1 Å². The monoisotopic (exact) mass is 438 g/mol. The SMILES string of the molecule is CC(C)c1cc(C(=O)N[C@H]2CC=CC[C@H](NS(=O)(=O)CC3CCN(C)CC3)C2)no1. The first-order chi connectivity index (χ1) is 14.2. The molecule has 1 aliphatic heterocycles. The Hall–Kier alpha value is -1.71. The first-order valence-corrected chi connectivity index (χ1v) is 12.5. The minimum atomic E-state index is -3.37. The Bertz CT molecular complexity index is 841. The molecule has 1 fully saturated rings. The highest BCUT2D eigenvalue weighted by Gasteiger charge is 2.28. The summed E-state index contributed by atoms with van der Waals surface area (Å²) in [4.78, 5) is 14.8. The lowest BCUT2D eigenvalue weighted by Crippen LogP contribution is -2.44. The second-order valence-electron chi connectivity index (χ2n) is 8.96. The summed E-state index contributed by atoms with van der Waals surface area (Å²) in [5.41, 5.74) is 0.256. The molecule has 9 heteroatoms. The molecule has 168 valence electrons. The maximum atomic E-state index is 12.7. The van der Waals surface area contributed by atoms with E-state index in [9.17, 15) is 13.2 Å². The summed E-state index contributed by atoms with van der Waals surface area (Å²) in [6, 6.07) is 1.27. The van der Waals surface area contributed by atoms with Crippen molar-refractivity contribution in [3.05, 3.63) is 29.7 Å². The molecular formula is C21H34N4O4S. The molecule has 1 aromatic heterocycles. The van der Waals surface area contributed by atoms with Crippen molar-refractivity contribution in [1.29, 1.82) is 0 Å². The topological polar surface area (TPSA) is 105 Å². The average molecular weight is 439 g/mol. The molecular weight excluding hydrogens is 404 g/mol. The zero-order valence-electron chi connectivity index (χ0n) is 18.1. The first-order valence-electron chi connectivity index (χ1n) is 10.8. The maximum Gasteiger partial charge on any atom is 0.273 e. The van der Waals surface area contributed by atoms with Crippen LogP contribution >= 0.6 is 0 Å². The van der Waals surface area contributed by atoms with Gasteiger partial charge in [-0.15, -0.1) is 0 Å². The number of aromatic nitrogens is 1. The number of likely N-dealkylation sites (tertiary alicyclic amines) is 1. The van der Waals surface area contributed by atoms with E-state index in [1.54, 1.807) is 6.07 Å². The second-order valence-corrected chi connectivity index (χ2v) is 10.8. The summed E-state index contributed by atoms with van der Waals surface area (Å²) >= 11 is 0. The van der Waals surface area contributed by atoms with Crippen LogP contribution in [0.5, 0.6) is 0 Å². The lowest BCUT2D eigenvalue weighted by molar-refractivity contribution is 0.0925. The number of carbonyl (C=O) groups excluding carboxylic acids is 1. The summed E-state index contributed by atoms with van der Waals surface area (Å²) in [6.07, 6.45) is 7.64. The van der Waals surface area contributed by atoms with Crippen molar-refractivity contribution in [1.82, 2.24) is 20.1 Å². The number of hydrogen-bond donors (Lipinski definition) is 2. The van der Waals surface area contributed by atoms with Crippen molar-refractivity contribution in [2.45, 2.75) is 64.0 Å². The Morgan fingerprint density at radius 3 is 2.53 bits per heavy atom. The van der Waals surface area contributed by atoms with Gasteiger partial charge in [0.05, 0.1) is 5.75 Å². The third-order valence-corrected chi connectivity index (χ3v) is 7.48. The van der Waals surface area contributed by atoms with Gasteiger partial charge in [-0.25, -0.2) is 13.1 Å². The van der Waals surface area contributed by atoms with Gasteiger partial charge in [-0.1, -0.05) is 31.2 Å². The zero-order valence-corrected chi connectivity index (χ0v) is 19.0. The lowest BCUT2D eigenvalue weighted by atomic mass is 10.00. The number of piperidine rings is 1. The molecule has 0 radical (unpaired) electrons. The Morgan fingerprint density at radius 2 is 1.90 bits per heavy atom. The largest absolute Gasteiger partial charge is 0.360 e. The minimum absolute atomic E-state index is 0.156. The van der Waals surface area contributed by atoms with E-state index in [4.69, 9.17) is 4.52 Å². The highest BCUT2D eigenvalue weighted by molar-refractivity contribution is 7.89. The van der Waals surface area contributed by atoms with Crippen LogP contribution in [0.25, 0.3) is 0 Å². The molecule has 0 aromatic carbocycles. The number of amides is 1. The predicted octanol–water partition coefficient (Wildman–Crippen LogP) is 2.27. The molecule has 3 rings (SSSR count). The van der Waals surface area contributed by atoms with Crippen LogP contribution in [-0.4, -0.2) is 62.4 Å². The van der Waals surface area contributed by atoms with Crippen LogP contribution in [0.3, 0.4) is 0 Å². The standard InChI is InChI=1S/C21H34N4O4S/c1-15(2)20-13-19(23-29-20)21(26)22-17-6-4-5-7-18(12-17)24-30(27,28)14-16-8-10-25(3)11-9-16/h4-5,13,15-18,24H,6-12,14H2,1-3H3,(H,22,26)/t17-,18-/m0/s1. The highest BCUT2D eigenvalue weighted by atomic mass is 32.2. The van der Waals surface area contributed by atoms with E-state index in [1.807, 2.05) is 26.0 Å². The zero-order chi connectivity index (χ0) is 21.7. The quantitative estimate of drug-likeness (QED) is 0.633. The van der Waals surface area contributed by atoms with Crippen LogP contribution in [0, 0.1) is 5.92 Å². The molecule has 2 aliphatic rings. The van der Waals surface area contributed by atoms with Gasteiger partial charge in [0.2, 0.25) is 10.0 Å². The van der Waals surface area contributed by atoms with Crippen LogP contribution in [-0.2, 0) is 10.0 Å². The third-order valence-electron chi connectivity index (χ3n) is 5.88. The maximum absolute atomic E-state index is 12.7. The van der Waals surface area contributed by atoms with Crippen LogP contribution < -0.4 is 10.0 Å². The van der Waals surface area contributed by atoms with Crippen molar-refractivity contribution in [2.75, 3.05) is 25.9 Å². The molecule has 1 amide bonds. The molecule has 0 spiro atoms. The molecule has 1 aliphatic carbocycles. The predicted molar refractivity (Wildman–Crippen MR) is 116 cm³/mol. The van der Waals surface area contributed by atoms with E-state index < -0.39 is 10.0 Å². The van der Waals surface area contributed by atoms with E-state index >= 15 is 0 Å². The van der Waals surface area contributed by atoms with Crippen LogP contribution in [0.15, 0.2) is 22.7 Å². The van der Waals surface area contributed by atoms with E-state index in [1.165, 1.54) is 0 Å². The van der Waals surface area contributed by atoms with Gasteiger partial charge in [-0.05, 0) is 58.2 Å². The number of rotatable bonds is 7. The van der Waals surface area contributed by atoms with Crippen molar-refractivity contribution < 1.29 is 17.7 Å². The van der Waals surface area contributed by atoms with Crippen molar-refractivity contribution in [3.63, 3.8) is 0 Å². The molecule has 1 saturated heterocycles. The highest BCUT2D eigenvalue weighted by Crippen LogP contribution is 2.20. The number of sulfonamides is 1. The molecule has 2 N–H and O–H groups in total. The van der Waals surface area contributed by atoms with Crippen molar-refractivity contribution in [3.8, 4) is 0 Å². The molecule has 0 unspecified atom stereocenters. The fourth-order valence-corrected chi connectivity index (χ4v) is 5.79. The Kier molecular flexibility index (Phi) is 7.70. The van der Waals surface area contributed by atoms with Gasteiger partial charge in [-0.3, -0.25) is 4.79 Å². The molecule has 8 nitrogen and oxygen atoms in total. The Labute approximate surface area is 179 Å². The second kappa shape index (κ2) is 10.1. The molecule has 0 saturated carbocycles. The molecule has 30 heavy (non-hydrogen) atoms. The summed E-state index contributed by atoms with van der Waals surface area (Å²) in [5.74, 6) is 0.912. The van der Waals surface area contributed by atoms with Crippen LogP contribution in [0.4, 0.5) is 0 Å². The number of nitrogens with one attached hydrogen (secondary N) is 2. The van der Waals surface area contributed by atoms with Crippen molar-refractivity contribution >= 4 is 15.9 Å². The first kappa shape index (κ1) is 23.0. The number of carbonyl (C=O) groups is 1. The van der Waals surface area contributed by atoms with Crippen molar-refractivity contribution in [2.24, 2.45) is 5.92 Å². The fourth-order valence-electron chi connectivity index (χ4n) is 4.04. The molecule has 2 atom stereocenters. The van der Waals surface area contributed by atoms with Gasteiger partial charge in [0.15, 0.2) is 5.69 Å². The average Bonchev–Trinajstić information content (AvgIpc) is 3.08. The molecule has 2 heterocycles. The normalized spacial score (nSPS) is 24.1. The fraction of sp³-hybridized carbons (Fsp3) is 0.714. The summed E-state index contributed by atoms with van der Waals surface area (Å²) < 4.78 is 33.5. The smallest absolute Gasteiger partial charge is 0.273 e. The summed E-state index contributed by atoms with van der Waals surface area (Å²) in [7, 11) is -1.30. The van der Waals surface area contributed by atoms with Crippen LogP contribution in [0.1, 0.15) is 68.1 Å². The van der Waals surface area contributed by atoms with Gasteiger partial charge >= 0.3 is 0 Å². The Morgan fingerprint density at radius 1 is 1.23 bits per heavy atom. The number of nitrogens with zero attached hydrogens (tertiary/aromatic N) is 2. The van der Waals surface area contributed by atoms with Gasteiger partial charge in [-0.2, -0.15) is 0 Å². The molecule has 0 bridgehead atoms. The van der Waals surface area contributed by atoms with Gasteiger partial charge in [0.1, 0.15) is 5.76 Å². The van der Waals surface area contributed by atoms with Gasteiger partial charge in [0, 0.05) is 24.1 Å². The molecule has 1 aromatic rings. The van der Waals surface area contributed by atoms with Gasteiger partial charge in [0.25, 0.3) is 5.91 Å². The Balaban J connectivity index is 1.55. The number of hydrogen-bond acceptors (Lipinski definition) is 6. The third kappa shape index (κ3) is 6.65. The summed E-state index contributed by atoms with van der Waals surface area (Å²) in [5, 5.41) is 6.83. The van der Waals surface area contributed by atoms with E-state index in [-0.39, 0.29) is 41.3 Å². The van der Waals surface area contributed by atoms with E-state index in [0.717, 1.165) is 25.9 Å².